The van der Waals surface area contributed by atoms with Crippen molar-refractivity contribution in [3.05, 3.63) is 36.2 Å². The molecule has 2 rings (SSSR count). The average Bonchev–Trinajstić information content (AvgIpc) is 2.87. The Morgan fingerprint density at radius 2 is 2.45 bits per heavy atom. The Balaban J connectivity index is 2.33. The van der Waals surface area contributed by atoms with Crippen LogP contribution in [0, 0.1) is 0 Å². The summed E-state index contributed by atoms with van der Waals surface area (Å²) in [4.78, 5) is 4.11. The molecule has 1 aliphatic rings. The molecule has 1 aromatic rings. The Morgan fingerprint density at radius 1 is 1.64 bits per heavy atom. The monoisotopic (exact) mass is 146 g/mol. The van der Waals surface area contributed by atoms with Crippen LogP contribution in [0.25, 0.3) is 6.08 Å². The molecule has 1 saturated heterocycles. The predicted octanol–water partition coefficient (Wildman–Crippen LogP) is 1.37. The molecule has 0 radical (unpaired) electrons. The first-order valence-corrected chi connectivity index (χ1v) is 3.71. The van der Waals surface area contributed by atoms with Gasteiger partial charge in [-0.05, 0) is 17.2 Å². The molecule has 1 N–H and O–H groups in total. The van der Waals surface area contributed by atoms with Gasteiger partial charge in [0.25, 0.3) is 0 Å². The van der Waals surface area contributed by atoms with E-state index in [0.29, 0.717) is 6.04 Å². The lowest BCUT2D eigenvalue weighted by Crippen LogP contribution is -1.86. The zero-order chi connectivity index (χ0) is 7.68. The van der Waals surface area contributed by atoms with Crippen LogP contribution in [0.2, 0.25) is 0 Å². The highest BCUT2D eigenvalue weighted by Gasteiger charge is 2.22. The largest absolute Gasteiger partial charge is 0.307 e. The first kappa shape index (κ1) is 6.55. The normalized spacial score (nSPS) is 21.3. The van der Waals surface area contributed by atoms with E-state index in [1.165, 1.54) is 5.56 Å². The molecule has 1 aliphatic heterocycles. The fourth-order valence-corrected chi connectivity index (χ4v) is 1.07. The lowest BCUT2D eigenvalue weighted by molar-refractivity contribution is 1.05. The highest BCUT2D eigenvalue weighted by Crippen LogP contribution is 2.21. The zero-order valence-electron chi connectivity index (χ0n) is 6.25. The SMILES string of the molecule is C=Cc1cncc([C@H]2CN2)c1. The summed E-state index contributed by atoms with van der Waals surface area (Å²) in [6.07, 6.45) is 5.54. The summed E-state index contributed by atoms with van der Waals surface area (Å²) in [6, 6.07) is 2.66. The lowest BCUT2D eigenvalue weighted by Gasteiger charge is -1.96. The Kier molecular flexibility index (Phi) is 1.47. The van der Waals surface area contributed by atoms with Gasteiger partial charge in [-0.3, -0.25) is 4.98 Å². The van der Waals surface area contributed by atoms with Gasteiger partial charge in [0.05, 0.1) is 0 Å². The van der Waals surface area contributed by atoms with Crippen LogP contribution in [0.5, 0.6) is 0 Å². The van der Waals surface area contributed by atoms with Crippen molar-refractivity contribution in [1.82, 2.24) is 10.3 Å². The minimum absolute atomic E-state index is 0.544. The van der Waals surface area contributed by atoms with Crippen molar-refractivity contribution in [1.29, 1.82) is 0 Å². The first-order valence-electron chi connectivity index (χ1n) is 3.71. The molecule has 1 aromatic heterocycles. The molecule has 0 bridgehead atoms. The van der Waals surface area contributed by atoms with Crippen molar-refractivity contribution in [2.24, 2.45) is 0 Å². The summed E-state index contributed by atoms with van der Waals surface area (Å²) in [5.74, 6) is 0. The second-order valence-corrected chi connectivity index (χ2v) is 2.72. The summed E-state index contributed by atoms with van der Waals surface area (Å²) in [5.41, 5.74) is 2.36. The molecule has 56 valence electrons. The topological polar surface area (TPSA) is 34.8 Å². The van der Waals surface area contributed by atoms with Crippen LogP contribution in [0.3, 0.4) is 0 Å². The summed E-state index contributed by atoms with van der Waals surface area (Å²) in [6.45, 7) is 4.78. The molecule has 0 aromatic carbocycles. The summed E-state index contributed by atoms with van der Waals surface area (Å²) in [5, 5.41) is 3.23. The van der Waals surface area contributed by atoms with E-state index in [0.717, 1.165) is 12.1 Å². The molecular weight excluding hydrogens is 136 g/mol. The first-order chi connectivity index (χ1) is 5.40. The van der Waals surface area contributed by atoms with Gasteiger partial charge in [0.2, 0.25) is 0 Å². The zero-order valence-corrected chi connectivity index (χ0v) is 6.25. The number of hydrogen-bond acceptors (Lipinski definition) is 2. The van der Waals surface area contributed by atoms with Crippen molar-refractivity contribution >= 4 is 6.08 Å². The number of rotatable bonds is 2. The molecule has 2 heterocycles. The van der Waals surface area contributed by atoms with E-state index >= 15 is 0 Å². The van der Waals surface area contributed by atoms with Crippen molar-refractivity contribution in [3.8, 4) is 0 Å². The summed E-state index contributed by atoms with van der Waals surface area (Å²) >= 11 is 0. The Morgan fingerprint density at radius 3 is 3.09 bits per heavy atom. The van der Waals surface area contributed by atoms with Crippen molar-refractivity contribution in [3.63, 3.8) is 0 Å². The molecule has 2 heteroatoms. The maximum atomic E-state index is 4.11. The number of hydrogen-bond donors (Lipinski definition) is 1. The van der Waals surface area contributed by atoms with Gasteiger partial charge in [0, 0.05) is 25.0 Å². The second kappa shape index (κ2) is 2.47. The molecule has 11 heavy (non-hydrogen) atoms. The van der Waals surface area contributed by atoms with E-state index in [-0.39, 0.29) is 0 Å². The fourth-order valence-electron chi connectivity index (χ4n) is 1.07. The fraction of sp³-hybridized carbons (Fsp3) is 0.222. The van der Waals surface area contributed by atoms with Gasteiger partial charge in [-0.2, -0.15) is 0 Å². The van der Waals surface area contributed by atoms with E-state index in [2.05, 4.69) is 22.9 Å². The molecule has 0 amide bonds. The highest BCUT2D eigenvalue weighted by atomic mass is 15.1. The lowest BCUT2D eigenvalue weighted by atomic mass is 10.1. The van der Waals surface area contributed by atoms with E-state index in [1.807, 2.05) is 18.5 Å². The van der Waals surface area contributed by atoms with E-state index in [9.17, 15) is 0 Å². The van der Waals surface area contributed by atoms with Crippen LogP contribution in [0.1, 0.15) is 17.2 Å². The molecule has 0 spiro atoms. The summed E-state index contributed by atoms with van der Waals surface area (Å²) < 4.78 is 0. The average molecular weight is 146 g/mol. The van der Waals surface area contributed by atoms with Crippen LogP contribution in [0.15, 0.2) is 25.0 Å². The standard InChI is InChI=1S/C9H10N2/c1-2-7-3-8(5-10-4-7)9-6-11-9/h2-5,9,11H,1,6H2/t9-/m1/s1. The van der Waals surface area contributed by atoms with Crippen LogP contribution >= 0.6 is 0 Å². The minimum atomic E-state index is 0.544. The van der Waals surface area contributed by atoms with E-state index in [1.54, 1.807) is 0 Å². The minimum Gasteiger partial charge on any atom is -0.307 e. The predicted molar refractivity (Wildman–Crippen MR) is 45.1 cm³/mol. The van der Waals surface area contributed by atoms with Gasteiger partial charge in [0.15, 0.2) is 0 Å². The van der Waals surface area contributed by atoms with Gasteiger partial charge in [-0.15, -0.1) is 0 Å². The third-order valence-corrected chi connectivity index (χ3v) is 1.83. The van der Waals surface area contributed by atoms with Gasteiger partial charge in [-0.1, -0.05) is 12.7 Å². The second-order valence-electron chi connectivity index (χ2n) is 2.72. The van der Waals surface area contributed by atoms with Crippen molar-refractivity contribution in [2.45, 2.75) is 6.04 Å². The van der Waals surface area contributed by atoms with Crippen LogP contribution in [-0.4, -0.2) is 11.5 Å². The Hall–Kier alpha value is -1.15. The highest BCUT2D eigenvalue weighted by molar-refractivity contribution is 5.46. The molecule has 0 aliphatic carbocycles. The van der Waals surface area contributed by atoms with Gasteiger partial charge in [-0.25, -0.2) is 0 Å². The van der Waals surface area contributed by atoms with Gasteiger partial charge < -0.3 is 5.32 Å². The maximum absolute atomic E-state index is 4.11. The number of nitrogens with zero attached hydrogens (tertiary/aromatic N) is 1. The molecule has 2 nitrogen and oxygen atoms in total. The number of pyridine rings is 1. The van der Waals surface area contributed by atoms with Crippen LogP contribution in [-0.2, 0) is 0 Å². The van der Waals surface area contributed by atoms with Crippen molar-refractivity contribution < 1.29 is 0 Å². The number of aromatic nitrogens is 1. The van der Waals surface area contributed by atoms with Gasteiger partial charge in [0.1, 0.15) is 0 Å². The smallest absolute Gasteiger partial charge is 0.0463 e. The quantitative estimate of drug-likeness (QED) is 0.639. The van der Waals surface area contributed by atoms with Crippen LogP contribution < -0.4 is 5.32 Å². The molecule has 0 unspecified atom stereocenters. The summed E-state index contributed by atoms with van der Waals surface area (Å²) in [7, 11) is 0. The molecule has 1 fully saturated rings. The third kappa shape index (κ3) is 1.30. The Labute approximate surface area is 66.0 Å². The van der Waals surface area contributed by atoms with E-state index < -0.39 is 0 Å². The molecule has 0 saturated carbocycles. The maximum Gasteiger partial charge on any atom is 0.0463 e. The van der Waals surface area contributed by atoms with Crippen molar-refractivity contribution in [2.75, 3.05) is 6.54 Å². The van der Waals surface area contributed by atoms with E-state index in [4.69, 9.17) is 0 Å². The van der Waals surface area contributed by atoms with Gasteiger partial charge >= 0.3 is 0 Å². The Bertz CT molecular complexity index is 277. The molecular formula is C9H10N2. The van der Waals surface area contributed by atoms with Crippen LogP contribution in [0.4, 0.5) is 0 Å². The third-order valence-electron chi connectivity index (χ3n) is 1.83. The molecule has 1 atom stereocenters. The number of nitrogens with one attached hydrogen (secondary N) is 1.